The second-order valence-corrected chi connectivity index (χ2v) is 7.24. The fourth-order valence-electron chi connectivity index (χ4n) is 1.38. The van der Waals surface area contributed by atoms with Gasteiger partial charge < -0.3 is 0 Å². The van der Waals surface area contributed by atoms with Crippen molar-refractivity contribution < 1.29 is 14.0 Å². The zero-order valence-corrected chi connectivity index (χ0v) is 14.9. The first kappa shape index (κ1) is 21.0. The van der Waals surface area contributed by atoms with Gasteiger partial charge in [0.2, 0.25) is 0 Å². The average Bonchev–Trinajstić information content (AvgIpc) is 2.40. The number of ketones is 2. The summed E-state index contributed by atoms with van der Waals surface area (Å²) in [5, 5.41) is -2.62. The summed E-state index contributed by atoms with van der Waals surface area (Å²) < 4.78 is 11.2. The van der Waals surface area contributed by atoms with E-state index in [0.717, 1.165) is 0 Å². The lowest BCUT2D eigenvalue weighted by molar-refractivity contribution is -0.126. The molecule has 1 aliphatic carbocycles. The van der Waals surface area contributed by atoms with Gasteiger partial charge in [-0.15, -0.1) is 69.6 Å². The smallest absolute Gasteiger partial charge is 0.171 e. The van der Waals surface area contributed by atoms with E-state index in [1.165, 1.54) is 6.92 Å². The van der Waals surface area contributed by atoms with Crippen LogP contribution in [0.2, 0.25) is 0 Å². The van der Waals surface area contributed by atoms with E-state index in [1.807, 2.05) is 0 Å². The Bertz CT molecular complexity index is 284. The Morgan fingerprint density at radius 2 is 1.05 bits per heavy atom. The normalized spacial score (nSPS) is 36.8. The zero-order chi connectivity index (χ0) is 16.0. The number of halogens is 7. The van der Waals surface area contributed by atoms with Gasteiger partial charge in [-0.05, 0) is 6.92 Å². The number of carbonyl (C=O) groups is 2. The van der Waals surface area contributed by atoms with Crippen LogP contribution in [0.25, 0.3) is 0 Å². The van der Waals surface area contributed by atoms with Crippen molar-refractivity contribution in [2.24, 2.45) is 0 Å². The Morgan fingerprint density at radius 3 is 1.15 bits per heavy atom. The Labute approximate surface area is 147 Å². The molecule has 0 saturated heterocycles. The van der Waals surface area contributed by atoms with Gasteiger partial charge in [-0.1, -0.05) is 0 Å². The van der Waals surface area contributed by atoms with Crippen LogP contribution in [0, 0.1) is 0 Å². The molecule has 1 fully saturated rings. The summed E-state index contributed by atoms with van der Waals surface area (Å²) in [7, 11) is 0. The second kappa shape index (κ2) is 9.91. The third-order valence-electron chi connectivity index (χ3n) is 2.42. The van der Waals surface area contributed by atoms with Crippen LogP contribution in [0.1, 0.15) is 13.3 Å². The fourth-order valence-corrected chi connectivity index (χ4v) is 3.71. The molecule has 1 rings (SSSR count). The van der Waals surface area contributed by atoms with Gasteiger partial charge in [-0.2, -0.15) is 0 Å². The maximum atomic E-state index is 11.2. The maximum absolute atomic E-state index is 11.2. The monoisotopic (exact) mass is 406 g/mol. The van der Waals surface area contributed by atoms with E-state index < -0.39 is 44.7 Å². The average molecular weight is 409 g/mol. The molecule has 0 bridgehead atoms. The minimum absolute atomic E-state index is 0.267. The summed E-state index contributed by atoms with van der Waals surface area (Å²) in [5.74, 6) is -0.926. The fraction of sp³-hybridized carbons (Fsp3) is 0.818. The highest BCUT2D eigenvalue weighted by Crippen LogP contribution is 2.39. The highest BCUT2D eigenvalue weighted by atomic mass is 35.5. The van der Waals surface area contributed by atoms with Crippen molar-refractivity contribution in [3.8, 4) is 0 Å². The molecule has 0 radical (unpaired) electrons. The molecule has 0 heterocycles. The topological polar surface area (TPSA) is 34.1 Å². The SMILES string of the molecule is CC(=O)CC(=O)CF.ClC1C(Cl)C(Cl)C(Cl)C(Cl)C1Cl. The van der Waals surface area contributed by atoms with Gasteiger partial charge in [-0.3, -0.25) is 9.59 Å². The van der Waals surface area contributed by atoms with Crippen molar-refractivity contribution in [2.45, 2.75) is 45.6 Å². The van der Waals surface area contributed by atoms with Gasteiger partial charge in [0.25, 0.3) is 0 Å². The van der Waals surface area contributed by atoms with Gasteiger partial charge in [0.05, 0.1) is 38.7 Å². The number of hydrogen-bond acceptors (Lipinski definition) is 2. The van der Waals surface area contributed by atoms with Crippen LogP contribution in [0.15, 0.2) is 0 Å². The van der Waals surface area contributed by atoms with Crippen molar-refractivity contribution >= 4 is 81.2 Å². The first-order chi connectivity index (χ1) is 9.13. The molecule has 0 aromatic carbocycles. The molecular formula is C11H13Cl6FO2. The largest absolute Gasteiger partial charge is 0.300 e. The van der Waals surface area contributed by atoms with Gasteiger partial charge in [0.15, 0.2) is 5.78 Å². The van der Waals surface area contributed by atoms with Crippen LogP contribution in [-0.4, -0.2) is 50.5 Å². The van der Waals surface area contributed by atoms with Crippen LogP contribution in [0.3, 0.4) is 0 Å². The summed E-state index contributed by atoms with van der Waals surface area (Å²) in [6, 6.07) is 0. The van der Waals surface area contributed by atoms with Gasteiger partial charge in [-0.25, -0.2) is 4.39 Å². The molecule has 0 aromatic rings. The number of hydrogen-bond donors (Lipinski definition) is 0. The lowest BCUT2D eigenvalue weighted by Crippen LogP contribution is -2.52. The van der Waals surface area contributed by atoms with Crippen molar-refractivity contribution in [1.82, 2.24) is 0 Å². The predicted molar refractivity (Wildman–Crippen MR) is 84.1 cm³/mol. The first-order valence-electron chi connectivity index (χ1n) is 5.55. The standard InChI is InChI=1S/C6H6Cl6.C5H7FO2/c7-1-2(8)4(10)6(12)5(11)3(1)9;1-4(7)2-5(8)3-6/h1-6H;2-3H2,1H3. The van der Waals surface area contributed by atoms with Crippen molar-refractivity contribution in [2.75, 3.05) is 6.67 Å². The molecule has 1 saturated carbocycles. The van der Waals surface area contributed by atoms with Crippen molar-refractivity contribution in [3.63, 3.8) is 0 Å². The third kappa shape index (κ3) is 6.41. The summed E-state index contributed by atoms with van der Waals surface area (Å²) in [4.78, 5) is 20.1. The molecule has 1 aliphatic rings. The number of rotatable bonds is 3. The predicted octanol–water partition coefficient (Wildman–Crippen LogP) is 4.15. The van der Waals surface area contributed by atoms with Gasteiger partial charge in [0, 0.05) is 0 Å². The Hall–Kier alpha value is 1.01. The molecule has 0 unspecified atom stereocenters. The van der Waals surface area contributed by atoms with E-state index in [2.05, 4.69) is 0 Å². The van der Waals surface area contributed by atoms with E-state index in [0.29, 0.717) is 0 Å². The maximum Gasteiger partial charge on any atom is 0.171 e. The van der Waals surface area contributed by atoms with Crippen molar-refractivity contribution in [1.29, 1.82) is 0 Å². The van der Waals surface area contributed by atoms with E-state index in [-0.39, 0.29) is 12.2 Å². The summed E-state index contributed by atoms with van der Waals surface area (Å²) >= 11 is 35.3. The summed E-state index contributed by atoms with van der Waals surface area (Å²) in [6.07, 6.45) is -0.267. The van der Waals surface area contributed by atoms with Crippen LogP contribution in [-0.2, 0) is 9.59 Å². The molecule has 0 N–H and O–H groups in total. The minimum atomic E-state index is -1.03. The zero-order valence-electron chi connectivity index (χ0n) is 10.3. The molecular weight excluding hydrogens is 396 g/mol. The lowest BCUT2D eigenvalue weighted by atomic mass is 9.97. The summed E-state index contributed by atoms with van der Waals surface area (Å²) in [5.41, 5.74) is 0. The lowest BCUT2D eigenvalue weighted by Gasteiger charge is -2.37. The quantitative estimate of drug-likeness (QED) is 0.519. The van der Waals surface area contributed by atoms with E-state index in [9.17, 15) is 14.0 Å². The molecule has 0 atom stereocenters. The van der Waals surface area contributed by atoms with Gasteiger partial charge in [0.1, 0.15) is 12.5 Å². The number of carbonyl (C=O) groups excluding carboxylic acids is 2. The molecule has 9 heteroatoms. The molecule has 0 aliphatic heterocycles. The Morgan fingerprint density at radius 1 is 0.800 bits per heavy atom. The minimum Gasteiger partial charge on any atom is -0.300 e. The molecule has 2 nitrogen and oxygen atoms in total. The van der Waals surface area contributed by atoms with Crippen LogP contribution < -0.4 is 0 Å². The van der Waals surface area contributed by atoms with Crippen LogP contribution in [0.4, 0.5) is 4.39 Å². The first-order valence-corrected chi connectivity index (χ1v) is 8.16. The van der Waals surface area contributed by atoms with Gasteiger partial charge >= 0.3 is 0 Å². The van der Waals surface area contributed by atoms with Crippen LogP contribution >= 0.6 is 69.6 Å². The second-order valence-electron chi connectivity index (χ2n) is 4.22. The highest BCUT2D eigenvalue weighted by Gasteiger charge is 2.46. The van der Waals surface area contributed by atoms with E-state index in [4.69, 9.17) is 69.6 Å². The highest BCUT2D eigenvalue weighted by molar-refractivity contribution is 6.45. The molecule has 118 valence electrons. The van der Waals surface area contributed by atoms with Crippen molar-refractivity contribution in [3.05, 3.63) is 0 Å². The molecule has 0 aromatic heterocycles. The number of alkyl halides is 7. The number of Topliss-reactive ketones (excluding diaryl/α,β-unsaturated/α-hetero) is 2. The van der Waals surface area contributed by atoms with Crippen LogP contribution in [0.5, 0.6) is 0 Å². The third-order valence-corrected chi connectivity index (χ3v) is 6.45. The Kier molecular flexibility index (Phi) is 10.4. The Balaban J connectivity index is 0.000000396. The molecule has 0 amide bonds. The van der Waals surface area contributed by atoms with E-state index >= 15 is 0 Å². The van der Waals surface area contributed by atoms with E-state index in [1.54, 1.807) is 0 Å². The molecule has 20 heavy (non-hydrogen) atoms. The summed E-state index contributed by atoms with van der Waals surface area (Å²) in [6.45, 7) is 0.229. The molecule has 0 spiro atoms.